The maximum Gasteiger partial charge on any atom is 0.408 e. The first-order valence-electron chi connectivity index (χ1n) is 11.5. The van der Waals surface area contributed by atoms with Crippen LogP contribution in [0.4, 0.5) is 13.2 Å². The Balaban J connectivity index is 1.78. The van der Waals surface area contributed by atoms with E-state index in [4.69, 9.17) is 4.74 Å². The zero-order valence-corrected chi connectivity index (χ0v) is 20.8. The molecular weight excluding hydrogens is 507 g/mol. The number of carbonyl (C=O) groups excluding carboxylic acids is 1. The van der Waals surface area contributed by atoms with Crippen LogP contribution in [-0.4, -0.2) is 46.6 Å². The van der Waals surface area contributed by atoms with Gasteiger partial charge in [-0.3, -0.25) is 19.3 Å². The van der Waals surface area contributed by atoms with Gasteiger partial charge in [-0.2, -0.15) is 13.2 Å². The molecule has 0 aliphatic carbocycles. The summed E-state index contributed by atoms with van der Waals surface area (Å²) in [5.74, 6) is -1.35. The van der Waals surface area contributed by atoms with Crippen molar-refractivity contribution in [2.75, 3.05) is 18.8 Å². The summed E-state index contributed by atoms with van der Waals surface area (Å²) in [6, 6.07) is 11.6. The number of fused-ring (bicyclic) bond motifs is 3. The van der Waals surface area contributed by atoms with E-state index < -0.39 is 47.7 Å². The highest BCUT2D eigenvalue weighted by molar-refractivity contribution is 7.98. The zero-order chi connectivity index (χ0) is 26.5. The van der Waals surface area contributed by atoms with E-state index >= 15 is 0 Å². The van der Waals surface area contributed by atoms with Gasteiger partial charge in [-0.05, 0) is 35.2 Å². The molecule has 2 aliphatic heterocycles. The molecule has 7 nitrogen and oxygen atoms in total. The third-order valence-corrected chi connectivity index (χ3v) is 7.94. The van der Waals surface area contributed by atoms with Gasteiger partial charge in [-0.25, -0.2) is 0 Å². The number of halogens is 3. The molecule has 1 aromatic heterocycles. The van der Waals surface area contributed by atoms with Crippen molar-refractivity contribution < 1.29 is 27.8 Å². The van der Waals surface area contributed by atoms with Crippen LogP contribution >= 0.6 is 11.8 Å². The van der Waals surface area contributed by atoms with Crippen LogP contribution in [0.5, 0.6) is 5.75 Å². The number of pyridine rings is 1. The number of ether oxygens (including phenoxy) is 1. The fourth-order valence-corrected chi connectivity index (χ4v) is 6.06. The number of methoxy groups -OCH3 is 1. The van der Waals surface area contributed by atoms with Gasteiger partial charge in [0.15, 0.2) is 11.4 Å². The van der Waals surface area contributed by atoms with Gasteiger partial charge in [0.25, 0.3) is 5.91 Å². The van der Waals surface area contributed by atoms with Crippen LogP contribution in [0.2, 0.25) is 0 Å². The summed E-state index contributed by atoms with van der Waals surface area (Å²) in [5, 5.41) is 12.2. The highest BCUT2D eigenvalue weighted by Gasteiger charge is 2.47. The molecule has 11 heteroatoms. The highest BCUT2D eigenvalue weighted by atomic mass is 32.2. The Bertz CT molecular complexity index is 1420. The molecule has 194 valence electrons. The number of rotatable bonds is 4. The summed E-state index contributed by atoms with van der Waals surface area (Å²) >= 11 is 1.61. The van der Waals surface area contributed by atoms with Crippen LogP contribution in [0.3, 0.4) is 0 Å². The smallest absolute Gasteiger partial charge is 0.408 e. The minimum absolute atomic E-state index is 0.354. The number of carbonyl (C=O) groups is 1. The Hall–Kier alpha value is -3.44. The lowest BCUT2D eigenvalue weighted by Gasteiger charge is -2.46. The van der Waals surface area contributed by atoms with Gasteiger partial charge in [0, 0.05) is 30.0 Å². The SMILES string of the molecule is COCc1cccc2c1CSc1ccccc1[C@H]2N1CN([C@H](C)C(F)(F)F)C(=O)c2c(O)c(=O)ccn21. The van der Waals surface area contributed by atoms with E-state index in [1.807, 2.05) is 42.5 Å². The summed E-state index contributed by atoms with van der Waals surface area (Å²) in [6.45, 7) is 0.824. The van der Waals surface area contributed by atoms with Crippen molar-refractivity contribution >= 4 is 17.7 Å². The first kappa shape index (κ1) is 25.2. The lowest BCUT2D eigenvalue weighted by molar-refractivity contribution is -0.173. The van der Waals surface area contributed by atoms with Crippen LogP contribution in [0.15, 0.2) is 64.4 Å². The molecule has 0 saturated carbocycles. The van der Waals surface area contributed by atoms with Gasteiger partial charge >= 0.3 is 6.18 Å². The number of hydrogen-bond acceptors (Lipinski definition) is 6. The first-order chi connectivity index (χ1) is 17.6. The molecule has 37 heavy (non-hydrogen) atoms. The average molecular weight is 532 g/mol. The molecule has 0 bridgehead atoms. The molecule has 2 atom stereocenters. The quantitative estimate of drug-likeness (QED) is 0.538. The Kier molecular flexibility index (Phi) is 6.45. The Morgan fingerprint density at radius 3 is 2.57 bits per heavy atom. The Morgan fingerprint density at radius 2 is 1.84 bits per heavy atom. The molecule has 0 fully saturated rings. The molecule has 5 rings (SSSR count). The third kappa shape index (κ3) is 4.25. The largest absolute Gasteiger partial charge is 0.502 e. The predicted molar refractivity (Wildman–Crippen MR) is 132 cm³/mol. The number of hydrogen-bond donors (Lipinski definition) is 1. The van der Waals surface area contributed by atoms with E-state index in [1.165, 1.54) is 10.9 Å². The molecule has 0 spiro atoms. The number of amides is 1. The number of aromatic hydroxyl groups is 1. The normalized spacial score (nSPS) is 18.1. The number of nitrogens with zero attached hydrogens (tertiary/aromatic N) is 3. The monoisotopic (exact) mass is 531 g/mol. The first-order valence-corrected chi connectivity index (χ1v) is 12.5. The third-order valence-electron chi connectivity index (χ3n) is 6.82. The van der Waals surface area contributed by atoms with Crippen LogP contribution < -0.4 is 10.4 Å². The number of thioether (sulfide) groups is 1. The minimum atomic E-state index is -4.71. The van der Waals surface area contributed by atoms with E-state index in [9.17, 15) is 27.9 Å². The molecule has 1 amide bonds. The summed E-state index contributed by atoms with van der Waals surface area (Å²) in [4.78, 5) is 27.1. The lowest BCUT2D eigenvalue weighted by Crippen LogP contribution is -2.60. The minimum Gasteiger partial charge on any atom is -0.502 e. The predicted octanol–water partition coefficient (Wildman–Crippen LogP) is 4.40. The second-order valence-electron chi connectivity index (χ2n) is 8.94. The van der Waals surface area contributed by atoms with Crippen LogP contribution in [0.1, 0.15) is 45.7 Å². The van der Waals surface area contributed by atoms with Crippen molar-refractivity contribution in [1.29, 1.82) is 0 Å². The van der Waals surface area contributed by atoms with Crippen LogP contribution in [0.25, 0.3) is 0 Å². The molecule has 1 N–H and O–H groups in total. The number of aromatic nitrogens is 1. The molecule has 3 heterocycles. The van der Waals surface area contributed by atoms with Crippen molar-refractivity contribution in [3.8, 4) is 5.75 Å². The fourth-order valence-electron chi connectivity index (χ4n) is 4.89. The summed E-state index contributed by atoms with van der Waals surface area (Å²) in [6.07, 6.45) is -3.39. The van der Waals surface area contributed by atoms with E-state index in [0.29, 0.717) is 17.3 Å². The highest BCUT2D eigenvalue weighted by Crippen LogP contribution is 2.44. The maximum atomic E-state index is 13.9. The number of alkyl halides is 3. The van der Waals surface area contributed by atoms with Gasteiger partial charge < -0.3 is 14.7 Å². The standard InChI is InChI=1S/C26H24F3N3O4S/c1-15(26(27,28)29)30-14-32(31-11-10-20(33)24(34)23(31)25(30)35)22-17-8-5-6-16(12-36-2)19(17)13-37-21-9-4-3-7-18(21)22/h3-11,15,22,34H,12-14H2,1-2H3/t15-,22+/m1/s1. The van der Waals surface area contributed by atoms with Crippen LogP contribution in [-0.2, 0) is 17.1 Å². The summed E-state index contributed by atoms with van der Waals surface area (Å²) in [5.41, 5.74) is 2.25. The van der Waals surface area contributed by atoms with Gasteiger partial charge in [-0.1, -0.05) is 36.4 Å². The molecular formula is C26H24F3N3O4S. The molecule has 2 aromatic carbocycles. The molecule has 2 aliphatic rings. The topological polar surface area (TPSA) is 75.0 Å². The van der Waals surface area contributed by atoms with E-state index in [0.717, 1.165) is 40.1 Å². The Morgan fingerprint density at radius 1 is 1.11 bits per heavy atom. The summed E-state index contributed by atoms with van der Waals surface area (Å²) in [7, 11) is 1.59. The van der Waals surface area contributed by atoms with Crippen LogP contribution in [0, 0.1) is 0 Å². The molecule has 0 radical (unpaired) electrons. The average Bonchev–Trinajstić information content (AvgIpc) is 3.03. The molecule has 0 saturated heterocycles. The van der Waals surface area contributed by atoms with Gasteiger partial charge in [0.05, 0.1) is 12.6 Å². The van der Waals surface area contributed by atoms with E-state index in [2.05, 4.69) is 0 Å². The van der Waals surface area contributed by atoms with Gasteiger partial charge in [-0.15, -0.1) is 11.8 Å². The van der Waals surface area contributed by atoms with Gasteiger partial charge in [0.1, 0.15) is 12.7 Å². The number of benzene rings is 2. The van der Waals surface area contributed by atoms with Crippen molar-refractivity contribution in [1.82, 2.24) is 9.58 Å². The molecule has 3 aromatic rings. The van der Waals surface area contributed by atoms with Crippen molar-refractivity contribution in [2.24, 2.45) is 0 Å². The van der Waals surface area contributed by atoms with E-state index in [-0.39, 0.29) is 0 Å². The maximum absolute atomic E-state index is 13.9. The lowest BCUT2D eigenvalue weighted by atomic mass is 9.91. The zero-order valence-electron chi connectivity index (χ0n) is 20.0. The second kappa shape index (κ2) is 9.46. The summed E-state index contributed by atoms with van der Waals surface area (Å²) < 4.78 is 48.3. The van der Waals surface area contributed by atoms with Gasteiger partial charge in [0.2, 0.25) is 5.43 Å². The molecule has 0 unspecified atom stereocenters. The van der Waals surface area contributed by atoms with Crippen molar-refractivity contribution in [3.63, 3.8) is 0 Å². The Labute approximate surface area is 215 Å². The fraction of sp³-hybridized carbons (Fsp3) is 0.308. The van der Waals surface area contributed by atoms with Crippen molar-refractivity contribution in [2.45, 2.75) is 42.4 Å². The van der Waals surface area contributed by atoms with Crippen molar-refractivity contribution in [3.05, 3.63) is 92.9 Å². The second-order valence-corrected chi connectivity index (χ2v) is 9.96. The van der Waals surface area contributed by atoms with E-state index in [1.54, 1.807) is 23.9 Å².